The molecule has 0 fully saturated rings. The Morgan fingerprint density at radius 3 is 2.26 bits per heavy atom. The molecular formula is C17H22N4O2. The summed E-state index contributed by atoms with van der Waals surface area (Å²) >= 11 is 0. The maximum Gasteiger partial charge on any atom is 0.323 e. The van der Waals surface area contributed by atoms with Crippen molar-refractivity contribution in [2.75, 3.05) is 17.2 Å². The van der Waals surface area contributed by atoms with Gasteiger partial charge < -0.3 is 15.4 Å². The van der Waals surface area contributed by atoms with Crippen molar-refractivity contribution in [3.05, 3.63) is 40.7 Å². The van der Waals surface area contributed by atoms with E-state index in [9.17, 15) is 4.79 Å². The monoisotopic (exact) mass is 314 g/mol. The van der Waals surface area contributed by atoms with Crippen molar-refractivity contribution in [2.24, 2.45) is 0 Å². The van der Waals surface area contributed by atoms with Crippen LogP contribution in [-0.4, -0.2) is 22.6 Å². The fraction of sp³-hybridized carbons (Fsp3) is 0.353. The molecule has 122 valence electrons. The molecule has 1 heterocycles. The zero-order valence-corrected chi connectivity index (χ0v) is 14.2. The third-order valence-corrected chi connectivity index (χ3v) is 3.53. The predicted molar refractivity (Wildman–Crippen MR) is 91.2 cm³/mol. The Balaban J connectivity index is 2.12. The first-order valence-corrected chi connectivity index (χ1v) is 7.54. The lowest BCUT2D eigenvalue weighted by Crippen LogP contribution is -2.21. The lowest BCUT2D eigenvalue weighted by molar-refractivity contribution is 0.262. The first-order chi connectivity index (χ1) is 10.9. The van der Waals surface area contributed by atoms with E-state index < -0.39 is 0 Å². The van der Waals surface area contributed by atoms with Gasteiger partial charge in [0.25, 0.3) is 0 Å². The van der Waals surface area contributed by atoms with Crippen LogP contribution in [0.15, 0.2) is 18.2 Å². The minimum absolute atomic E-state index is 0.322. The van der Waals surface area contributed by atoms with Gasteiger partial charge in [0.1, 0.15) is 0 Å². The van der Waals surface area contributed by atoms with Crippen LogP contribution < -0.4 is 15.4 Å². The van der Waals surface area contributed by atoms with Gasteiger partial charge in [-0.2, -0.15) is 9.97 Å². The molecule has 23 heavy (non-hydrogen) atoms. The molecule has 2 aromatic rings. The molecule has 0 saturated carbocycles. The Labute approximate surface area is 136 Å². The Morgan fingerprint density at radius 1 is 1.04 bits per heavy atom. The number of carbonyl (C=O) groups is 1. The SMILES string of the molecule is CCOc1nc(C)c(NC(=O)Nc2ccc(C)c(C)c2)c(C)n1. The number of urea groups is 1. The highest BCUT2D eigenvalue weighted by Crippen LogP contribution is 2.20. The summed E-state index contributed by atoms with van der Waals surface area (Å²) in [6, 6.07) is 5.77. The molecule has 1 aromatic heterocycles. The number of nitrogens with one attached hydrogen (secondary N) is 2. The average Bonchev–Trinajstić information content (AvgIpc) is 2.47. The standard InChI is InChI=1S/C17H22N4O2/c1-6-23-17-18-12(4)15(13(5)19-17)21-16(22)20-14-8-7-10(2)11(3)9-14/h7-9H,6H2,1-5H3,(H2,20,21,22). The minimum atomic E-state index is -0.327. The van der Waals surface area contributed by atoms with E-state index in [2.05, 4.69) is 20.6 Å². The summed E-state index contributed by atoms with van der Waals surface area (Å²) in [6.45, 7) is 10.0. The number of rotatable bonds is 4. The quantitative estimate of drug-likeness (QED) is 0.901. The number of aryl methyl sites for hydroxylation is 4. The first kappa shape index (κ1) is 16.7. The average molecular weight is 314 g/mol. The molecule has 0 saturated heterocycles. The molecule has 2 amide bonds. The van der Waals surface area contributed by atoms with Crippen LogP contribution in [0.1, 0.15) is 29.4 Å². The molecule has 0 aliphatic rings. The number of benzene rings is 1. The lowest BCUT2D eigenvalue weighted by Gasteiger charge is -2.13. The Bertz CT molecular complexity index is 706. The maximum atomic E-state index is 12.2. The van der Waals surface area contributed by atoms with Crippen molar-refractivity contribution in [1.82, 2.24) is 9.97 Å². The fourth-order valence-electron chi connectivity index (χ4n) is 2.16. The van der Waals surface area contributed by atoms with Crippen molar-refractivity contribution < 1.29 is 9.53 Å². The smallest absolute Gasteiger partial charge is 0.323 e. The second-order valence-corrected chi connectivity index (χ2v) is 5.36. The van der Waals surface area contributed by atoms with E-state index in [1.807, 2.05) is 52.8 Å². The summed E-state index contributed by atoms with van der Waals surface area (Å²) in [4.78, 5) is 20.7. The second-order valence-electron chi connectivity index (χ2n) is 5.36. The Hall–Kier alpha value is -2.63. The summed E-state index contributed by atoms with van der Waals surface area (Å²) < 4.78 is 5.30. The minimum Gasteiger partial charge on any atom is -0.464 e. The van der Waals surface area contributed by atoms with Crippen LogP contribution in [0, 0.1) is 27.7 Å². The lowest BCUT2D eigenvalue weighted by atomic mass is 10.1. The molecule has 0 aliphatic carbocycles. The van der Waals surface area contributed by atoms with Crippen LogP contribution >= 0.6 is 0 Å². The van der Waals surface area contributed by atoms with Crippen molar-refractivity contribution in [2.45, 2.75) is 34.6 Å². The summed E-state index contributed by atoms with van der Waals surface area (Å²) in [7, 11) is 0. The van der Waals surface area contributed by atoms with Crippen LogP contribution in [0.5, 0.6) is 6.01 Å². The van der Waals surface area contributed by atoms with E-state index in [0.717, 1.165) is 11.3 Å². The topological polar surface area (TPSA) is 76.1 Å². The number of aromatic nitrogens is 2. The normalized spacial score (nSPS) is 10.3. The van der Waals surface area contributed by atoms with Gasteiger partial charge in [-0.1, -0.05) is 6.07 Å². The molecule has 0 spiro atoms. The van der Waals surface area contributed by atoms with Crippen molar-refractivity contribution in [3.63, 3.8) is 0 Å². The zero-order chi connectivity index (χ0) is 17.0. The summed E-state index contributed by atoms with van der Waals surface area (Å²) in [5.41, 5.74) is 4.97. The molecule has 0 atom stereocenters. The van der Waals surface area contributed by atoms with E-state index in [1.54, 1.807) is 0 Å². The van der Waals surface area contributed by atoms with Gasteiger partial charge >= 0.3 is 12.0 Å². The first-order valence-electron chi connectivity index (χ1n) is 7.54. The molecular weight excluding hydrogens is 292 g/mol. The number of hydrogen-bond donors (Lipinski definition) is 2. The molecule has 6 nitrogen and oxygen atoms in total. The largest absolute Gasteiger partial charge is 0.464 e. The van der Waals surface area contributed by atoms with Gasteiger partial charge in [0, 0.05) is 5.69 Å². The molecule has 1 aromatic carbocycles. The van der Waals surface area contributed by atoms with Crippen molar-refractivity contribution in [1.29, 1.82) is 0 Å². The summed E-state index contributed by atoms with van der Waals surface area (Å²) in [5, 5.41) is 5.62. The highest BCUT2D eigenvalue weighted by molar-refractivity contribution is 6.00. The molecule has 2 N–H and O–H groups in total. The van der Waals surface area contributed by atoms with Gasteiger partial charge in [-0.05, 0) is 57.9 Å². The Morgan fingerprint density at radius 2 is 1.70 bits per heavy atom. The third kappa shape index (κ3) is 4.18. The molecule has 0 bridgehead atoms. The highest BCUT2D eigenvalue weighted by atomic mass is 16.5. The van der Waals surface area contributed by atoms with Crippen molar-refractivity contribution >= 4 is 17.4 Å². The number of amides is 2. The number of anilines is 2. The number of hydrogen-bond acceptors (Lipinski definition) is 4. The highest BCUT2D eigenvalue weighted by Gasteiger charge is 2.12. The number of ether oxygens (including phenoxy) is 1. The van der Waals surface area contributed by atoms with Gasteiger partial charge in [-0.25, -0.2) is 4.79 Å². The zero-order valence-electron chi connectivity index (χ0n) is 14.2. The van der Waals surface area contributed by atoms with Crippen LogP contribution in [0.2, 0.25) is 0 Å². The molecule has 0 radical (unpaired) electrons. The predicted octanol–water partition coefficient (Wildman–Crippen LogP) is 3.75. The van der Waals surface area contributed by atoms with Crippen LogP contribution in [-0.2, 0) is 0 Å². The summed E-state index contributed by atoms with van der Waals surface area (Å²) in [6.07, 6.45) is 0. The van der Waals surface area contributed by atoms with E-state index >= 15 is 0 Å². The number of nitrogens with zero attached hydrogens (tertiary/aromatic N) is 2. The van der Waals surface area contributed by atoms with E-state index in [0.29, 0.717) is 29.7 Å². The molecule has 0 unspecified atom stereocenters. The van der Waals surface area contributed by atoms with Gasteiger partial charge in [-0.15, -0.1) is 0 Å². The molecule has 6 heteroatoms. The van der Waals surface area contributed by atoms with E-state index in [4.69, 9.17) is 4.74 Å². The maximum absolute atomic E-state index is 12.2. The summed E-state index contributed by atoms with van der Waals surface area (Å²) in [5.74, 6) is 0. The van der Waals surface area contributed by atoms with Crippen LogP contribution in [0.25, 0.3) is 0 Å². The van der Waals surface area contributed by atoms with Gasteiger partial charge in [0.2, 0.25) is 0 Å². The van der Waals surface area contributed by atoms with E-state index in [1.165, 1.54) is 5.56 Å². The Kier molecular flexibility index (Phi) is 5.16. The van der Waals surface area contributed by atoms with E-state index in [-0.39, 0.29) is 6.03 Å². The fourth-order valence-corrected chi connectivity index (χ4v) is 2.16. The van der Waals surface area contributed by atoms with Gasteiger partial charge in [-0.3, -0.25) is 0 Å². The van der Waals surface area contributed by atoms with Gasteiger partial charge in [0.15, 0.2) is 0 Å². The van der Waals surface area contributed by atoms with Crippen molar-refractivity contribution in [3.8, 4) is 6.01 Å². The number of carbonyl (C=O) groups excluding carboxylic acids is 1. The third-order valence-electron chi connectivity index (χ3n) is 3.53. The second kappa shape index (κ2) is 7.09. The molecule has 0 aliphatic heterocycles. The molecule has 2 rings (SSSR count). The van der Waals surface area contributed by atoms with Crippen LogP contribution in [0.4, 0.5) is 16.2 Å². The van der Waals surface area contributed by atoms with Gasteiger partial charge in [0.05, 0.1) is 23.7 Å². The van der Waals surface area contributed by atoms with Crippen LogP contribution in [0.3, 0.4) is 0 Å².